The Kier molecular flexibility index (Phi) is 4.63. The van der Waals surface area contributed by atoms with E-state index in [1.165, 1.54) is 11.6 Å². The van der Waals surface area contributed by atoms with E-state index < -0.39 is 6.43 Å². The maximum absolute atomic E-state index is 13.6. The molecule has 0 aromatic carbocycles. The summed E-state index contributed by atoms with van der Waals surface area (Å²) in [4.78, 5) is 10.9. The Balaban J connectivity index is 1.60. The number of halogens is 2. The lowest BCUT2D eigenvalue weighted by Crippen LogP contribution is -2.34. The standard InChI is InChI=1S/C19H20F2N4O/c1-12-17-15(18(20)21)9-16(23-19(17)26-24-12)14-3-2-8-25(11-14)10-13-4-6-22-7-5-13/h4-7,9,14,18H,2-3,8,10-11H2,1H3/t14-/m0/s1. The van der Waals surface area contributed by atoms with Crippen LogP contribution >= 0.6 is 0 Å². The summed E-state index contributed by atoms with van der Waals surface area (Å²) in [6, 6.07) is 5.54. The van der Waals surface area contributed by atoms with Crippen molar-refractivity contribution in [1.82, 2.24) is 20.0 Å². The first-order valence-electron chi connectivity index (χ1n) is 8.78. The first-order chi connectivity index (χ1) is 12.6. The number of hydrogen-bond acceptors (Lipinski definition) is 5. The van der Waals surface area contributed by atoms with E-state index in [1.807, 2.05) is 12.1 Å². The average molecular weight is 358 g/mol. The van der Waals surface area contributed by atoms with Crippen molar-refractivity contribution in [1.29, 1.82) is 0 Å². The molecule has 4 rings (SSSR count). The van der Waals surface area contributed by atoms with E-state index in [0.717, 1.165) is 32.5 Å². The van der Waals surface area contributed by atoms with E-state index in [4.69, 9.17) is 4.52 Å². The van der Waals surface area contributed by atoms with Crippen LogP contribution in [0.4, 0.5) is 8.78 Å². The molecule has 7 heteroatoms. The molecule has 0 bridgehead atoms. The molecule has 1 fully saturated rings. The van der Waals surface area contributed by atoms with Gasteiger partial charge in [0.1, 0.15) is 0 Å². The Bertz CT molecular complexity index is 897. The van der Waals surface area contributed by atoms with Crippen LogP contribution in [0.25, 0.3) is 11.1 Å². The third-order valence-corrected chi connectivity index (χ3v) is 4.98. The van der Waals surface area contributed by atoms with Crippen molar-refractivity contribution in [3.05, 3.63) is 53.1 Å². The summed E-state index contributed by atoms with van der Waals surface area (Å²) in [5.74, 6) is 0.109. The number of rotatable bonds is 4. The lowest BCUT2D eigenvalue weighted by Gasteiger charge is -2.32. The molecule has 1 atom stereocenters. The number of hydrogen-bond donors (Lipinski definition) is 0. The summed E-state index contributed by atoms with van der Waals surface area (Å²) in [6.07, 6.45) is 2.94. The van der Waals surface area contributed by atoms with E-state index in [2.05, 4.69) is 20.0 Å². The molecule has 0 unspecified atom stereocenters. The van der Waals surface area contributed by atoms with Gasteiger partial charge in [0.15, 0.2) is 0 Å². The number of fused-ring (bicyclic) bond motifs is 1. The smallest absolute Gasteiger partial charge is 0.264 e. The highest BCUT2D eigenvalue weighted by atomic mass is 19.3. The Hall–Kier alpha value is -2.41. The van der Waals surface area contributed by atoms with E-state index in [1.54, 1.807) is 19.3 Å². The first kappa shape index (κ1) is 17.0. The fraction of sp³-hybridized carbons (Fsp3) is 0.421. The van der Waals surface area contributed by atoms with Crippen LogP contribution in [-0.4, -0.2) is 33.1 Å². The van der Waals surface area contributed by atoms with E-state index >= 15 is 0 Å². The van der Waals surface area contributed by atoms with Gasteiger partial charge in [-0.2, -0.15) is 0 Å². The van der Waals surface area contributed by atoms with Gasteiger partial charge in [-0.05, 0) is 50.1 Å². The fourth-order valence-electron chi connectivity index (χ4n) is 3.72. The van der Waals surface area contributed by atoms with Crippen LogP contribution in [0.5, 0.6) is 0 Å². The fourth-order valence-corrected chi connectivity index (χ4v) is 3.72. The SMILES string of the molecule is Cc1noc2nc([C@H]3CCCN(Cc4ccncc4)C3)cc(C(F)F)c12. The molecule has 0 saturated carbocycles. The molecular weight excluding hydrogens is 338 g/mol. The predicted octanol–water partition coefficient (Wildman–Crippen LogP) is 4.24. The molecule has 3 aromatic rings. The van der Waals surface area contributed by atoms with Crippen LogP contribution in [-0.2, 0) is 6.54 Å². The van der Waals surface area contributed by atoms with Crippen molar-refractivity contribution in [2.75, 3.05) is 13.1 Å². The summed E-state index contributed by atoms with van der Waals surface area (Å²) < 4.78 is 32.3. The lowest BCUT2D eigenvalue weighted by atomic mass is 9.92. The van der Waals surface area contributed by atoms with Crippen LogP contribution < -0.4 is 0 Å². The number of aromatic nitrogens is 3. The number of aryl methyl sites for hydroxylation is 1. The highest BCUT2D eigenvalue weighted by Crippen LogP contribution is 2.34. The molecule has 0 spiro atoms. The topological polar surface area (TPSA) is 55.1 Å². The van der Waals surface area contributed by atoms with Crippen molar-refractivity contribution >= 4 is 11.1 Å². The van der Waals surface area contributed by atoms with Gasteiger partial charge in [0.2, 0.25) is 0 Å². The van der Waals surface area contributed by atoms with Gasteiger partial charge >= 0.3 is 0 Å². The summed E-state index contributed by atoms with van der Waals surface area (Å²) >= 11 is 0. The average Bonchev–Trinajstić information content (AvgIpc) is 3.03. The van der Waals surface area contributed by atoms with Gasteiger partial charge < -0.3 is 4.52 Å². The first-order valence-corrected chi connectivity index (χ1v) is 8.78. The van der Waals surface area contributed by atoms with Gasteiger partial charge in [0.25, 0.3) is 12.1 Å². The van der Waals surface area contributed by atoms with Crippen molar-refractivity contribution in [3.63, 3.8) is 0 Å². The van der Waals surface area contributed by atoms with Gasteiger partial charge in [0, 0.05) is 42.7 Å². The maximum Gasteiger partial charge on any atom is 0.264 e. The molecule has 0 amide bonds. The Morgan fingerprint density at radius 2 is 2.12 bits per heavy atom. The van der Waals surface area contributed by atoms with Gasteiger partial charge in [0.05, 0.1) is 11.1 Å². The molecule has 1 saturated heterocycles. The third-order valence-electron chi connectivity index (χ3n) is 4.98. The predicted molar refractivity (Wildman–Crippen MR) is 93.0 cm³/mol. The third kappa shape index (κ3) is 3.31. The highest BCUT2D eigenvalue weighted by molar-refractivity contribution is 5.80. The van der Waals surface area contributed by atoms with Crippen molar-refractivity contribution in [2.24, 2.45) is 0 Å². The molecule has 1 aliphatic rings. The zero-order chi connectivity index (χ0) is 18.1. The molecule has 136 valence electrons. The molecule has 4 heterocycles. The Morgan fingerprint density at radius 1 is 1.31 bits per heavy atom. The molecule has 26 heavy (non-hydrogen) atoms. The summed E-state index contributed by atoms with van der Waals surface area (Å²) in [5.41, 5.74) is 2.50. The largest absolute Gasteiger partial charge is 0.336 e. The molecule has 0 N–H and O–H groups in total. The van der Waals surface area contributed by atoms with Crippen molar-refractivity contribution in [2.45, 2.75) is 38.7 Å². The Morgan fingerprint density at radius 3 is 2.88 bits per heavy atom. The van der Waals surface area contributed by atoms with Gasteiger partial charge in [-0.25, -0.2) is 13.8 Å². The molecular formula is C19H20F2N4O. The zero-order valence-electron chi connectivity index (χ0n) is 14.5. The van der Waals surface area contributed by atoms with Gasteiger partial charge in [-0.15, -0.1) is 0 Å². The number of nitrogens with zero attached hydrogens (tertiary/aromatic N) is 4. The van der Waals surface area contributed by atoms with E-state index in [-0.39, 0.29) is 17.2 Å². The second-order valence-electron chi connectivity index (χ2n) is 6.81. The summed E-state index contributed by atoms with van der Waals surface area (Å²) in [6.45, 7) is 4.27. The highest BCUT2D eigenvalue weighted by Gasteiger charge is 2.26. The van der Waals surface area contributed by atoms with Gasteiger partial charge in [-0.1, -0.05) is 5.16 Å². The number of likely N-dealkylation sites (tertiary alicyclic amines) is 1. The number of piperidine rings is 1. The van der Waals surface area contributed by atoms with Crippen molar-refractivity contribution in [3.8, 4) is 0 Å². The minimum absolute atomic E-state index is 0.0324. The summed E-state index contributed by atoms with van der Waals surface area (Å²) in [7, 11) is 0. The second-order valence-corrected chi connectivity index (χ2v) is 6.81. The number of pyridine rings is 2. The van der Waals surface area contributed by atoms with Crippen LogP contribution in [0.1, 0.15) is 47.7 Å². The monoisotopic (exact) mass is 358 g/mol. The normalized spacial score (nSPS) is 18.7. The minimum Gasteiger partial charge on any atom is -0.336 e. The van der Waals surface area contributed by atoms with Crippen molar-refractivity contribution < 1.29 is 13.3 Å². The van der Waals surface area contributed by atoms with E-state index in [9.17, 15) is 8.78 Å². The Labute approximate surface area is 150 Å². The van der Waals surface area contributed by atoms with Crippen LogP contribution in [0.15, 0.2) is 35.1 Å². The maximum atomic E-state index is 13.6. The van der Waals surface area contributed by atoms with Crippen LogP contribution in [0.2, 0.25) is 0 Å². The van der Waals surface area contributed by atoms with E-state index in [0.29, 0.717) is 16.8 Å². The molecule has 3 aromatic heterocycles. The second kappa shape index (κ2) is 7.07. The van der Waals surface area contributed by atoms with Crippen LogP contribution in [0.3, 0.4) is 0 Å². The molecule has 5 nitrogen and oxygen atoms in total. The van der Waals surface area contributed by atoms with Gasteiger partial charge in [-0.3, -0.25) is 9.88 Å². The minimum atomic E-state index is -2.58. The lowest BCUT2D eigenvalue weighted by molar-refractivity contribution is 0.152. The quantitative estimate of drug-likeness (QED) is 0.698. The zero-order valence-corrected chi connectivity index (χ0v) is 14.5. The number of alkyl halides is 2. The molecule has 0 aliphatic carbocycles. The van der Waals surface area contributed by atoms with Crippen LogP contribution in [0, 0.1) is 6.92 Å². The molecule has 1 aliphatic heterocycles. The summed E-state index contributed by atoms with van der Waals surface area (Å²) in [5, 5.41) is 4.15. The molecule has 0 radical (unpaired) electrons.